The predicted octanol–water partition coefficient (Wildman–Crippen LogP) is 1.96. The van der Waals surface area contributed by atoms with E-state index in [1.54, 1.807) is 30.6 Å². The average molecular weight is 342 g/mol. The lowest BCUT2D eigenvalue weighted by atomic mass is 9.94. The van der Waals surface area contributed by atoms with Crippen molar-refractivity contribution in [3.05, 3.63) is 48.4 Å². The van der Waals surface area contributed by atoms with E-state index in [2.05, 4.69) is 25.3 Å². The third kappa shape index (κ3) is 2.88. The number of likely N-dealkylation sites (tertiary alicyclic amines) is 1. The van der Waals surface area contributed by atoms with E-state index in [0.29, 0.717) is 24.2 Å². The zero-order valence-electron chi connectivity index (χ0n) is 13.2. The SMILES string of the molecule is O=C(c1ccn[nH]1)N1CCCC(F)(c2nc(-c3cccnc3)no2)C1. The monoisotopic (exact) mass is 342 g/mol. The van der Waals surface area contributed by atoms with Crippen LogP contribution in [0.5, 0.6) is 0 Å². The van der Waals surface area contributed by atoms with E-state index in [-0.39, 0.29) is 30.6 Å². The van der Waals surface area contributed by atoms with Crippen LogP contribution in [-0.2, 0) is 5.67 Å². The van der Waals surface area contributed by atoms with Crippen molar-refractivity contribution in [3.8, 4) is 11.4 Å². The lowest BCUT2D eigenvalue weighted by Crippen LogP contribution is -2.46. The number of hydrogen-bond donors (Lipinski definition) is 1. The Hall–Kier alpha value is -3.10. The first-order valence-electron chi connectivity index (χ1n) is 7.88. The van der Waals surface area contributed by atoms with Gasteiger partial charge in [0, 0.05) is 30.7 Å². The van der Waals surface area contributed by atoms with Crippen molar-refractivity contribution in [2.24, 2.45) is 0 Å². The Labute approximate surface area is 142 Å². The van der Waals surface area contributed by atoms with Gasteiger partial charge in [0.15, 0.2) is 0 Å². The largest absolute Gasteiger partial charge is 0.335 e. The van der Waals surface area contributed by atoms with Crippen LogP contribution in [0.25, 0.3) is 11.4 Å². The lowest BCUT2D eigenvalue weighted by molar-refractivity contribution is 0.0149. The number of pyridine rings is 1. The molecule has 0 radical (unpaired) electrons. The Morgan fingerprint density at radius 3 is 3.04 bits per heavy atom. The van der Waals surface area contributed by atoms with Crippen molar-refractivity contribution in [3.63, 3.8) is 0 Å². The van der Waals surface area contributed by atoms with Crippen LogP contribution in [0.2, 0.25) is 0 Å². The third-order valence-corrected chi connectivity index (χ3v) is 4.19. The highest BCUT2D eigenvalue weighted by atomic mass is 19.1. The minimum atomic E-state index is -1.87. The molecule has 0 saturated carbocycles. The Morgan fingerprint density at radius 2 is 2.28 bits per heavy atom. The lowest BCUT2D eigenvalue weighted by Gasteiger charge is -2.34. The number of nitrogens with one attached hydrogen (secondary N) is 1. The molecule has 1 amide bonds. The molecule has 1 saturated heterocycles. The second kappa shape index (κ2) is 6.08. The maximum Gasteiger partial charge on any atom is 0.271 e. The normalized spacial score (nSPS) is 20.6. The molecule has 1 aliphatic rings. The molecule has 1 N–H and O–H groups in total. The number of carbonyl (C=O) groups excluding carboxylic acids is 1. The number of carbonyl (C=O) groups is 1. The Balaban J connectivity index is 1.57. The molecule has 3 aromatic heterocycles. The van der Waals surface area contributed by atoms with Crippen molar-refractivity contribution in [1.29, 1.82) is 0 Å². The molecule has 9 heteroatoms. The highest BCUT2D eigenvalue weighted by molar-refractivity contribution is 5.92. The Bertz CT molecular complexity index is 866. The number of nitrogens with zero attached hydrogens (tertiary/aromatic N) is 5. The molecule has 25 heavy (non-hydrogen) atoms. The maximum absolute atomic E-state index is 15.5. The van der Waals surface area contributed by atoms with Crippen LogP contribution in [-0.4, -0.2) is 49.2 Å². The van der Waals surface area contributed by atoms with Gasteiger partial charge in [0.25, 0.3) is 11.8 Å². The first-order valence-corrected chi connectivity index (χ1v) is 7.88. The van der Waals surface area contributed by atoms with Gasteiger partial charge in [0.2, 0.25) is 11.5 Å². The van der Waals surface area contributed by atoms with E-state index in [4.69, 9.17) is 4.52 Å². The van der Waals surface area contributed by atoms with Gasteiger partial charge in [-0.2, -0.15) is 10.1 Å². The zero-order valence-corrected chi connectivity index (χ0v) is 13.2. The third-order valence-electron chi connectivity index (χ3n) is 4.19. The smallest absolute Gasteiger partial charge is 0.271 e. The van der Waals surface area contributed by atoms with Gasteiger partial charge in [-0.05, 0) is 31.0 Å². The van der Waals surface area contributed by atoms with Crippen molar-refractivity contribution in [2.75, 3.05) is 13.1 Å². The van der Waals surface area contributed by atoms with Gasteiger partial charge < -0.3 is 9.42 Å². The van der Waals surface area contributed by atoms with E-state index in [1.165, 1.54) is 11.1 Å². The zero-order chi connectivity index (χ0) is 17.3. The number of aromatic nitrogens is 5. The van der Waals surface area contributed by atoms with Crippen molar-refractivity contribution >= 4 is 5.91 Å². The summed E-state index contributed by atoms with van der Waals surface area (Å²) in [6, 6.07) is 5.06. The van der Waals surface area contributed by atoms with Crippen molar-refractivity contribution < 1.29 is 13.7 Å². The van der Waals surface area contributed by atoms with E-state index in [1.807, 2.05) is 0 Å². The van der Waals surface area contributed by atoms with Crippen LogP contribution in [0, 0.1) is 0 Å². The molecule has 4 heterocycles. The molecule has 1 aliphatic heterocycles. The average Bonchev–Trinajstić information content (AvgIpc) is 3.34. The van der Waals surface area contributed by atoms with Crippen molar-refractivity contribution in [1.82, 2.24) is 30.2 Å². The van der Waals surface area contributed by atoms with Gasteiger partial charge in [-0.15, -0.1) is 0 Å². The number of piperidine rings is 1. The number of rotatable bonds is 3. The van der Waals surface area contributed by atoms with Gasteiger partial charge in [-0.3, -0.25) is 14.9 Å². The van der Waals surface area contributed by atoms with Crippen LogP contribution in [0.3, 0.4) is 0 Å². The molecule has 0 aromatic carbocycles. The molecule has 3 aromatic rings. The molecular weight excluding hydrogens is 327 g/mol. The van der Waals surface area contributed by atoms with Gasteiger partial charge >= 0.3 is 0 Å². The molecule has 1 unspecified atom stereocenters. The van der Waals surface area contributed by atoms with Crippen LogP contribution >= 0.6 is 0 Å². The minimum absolute atomic E-state index is 0.117. The van der Waals surface area contributed by atoms with E-state index >= 15 is 4.39 Å². The summed E-state index contributed by atoms with van der Waals surface area (Å²) in [5.74, 6) is -0.142. The number of H-pyrrole nitrogens is 1. The number of amides is 1. The second-order valence-electron chi connectivity index (χ2n) is 5.93. The van der Waals surface area contributed by atoms with E-state index in [9.17, 15) is 4.79 Å². The van der Waals surface area contributed by atoms with Crippen LogP contribution in [0.1, 0.15) is 29.2 Å². The number of aromatic amines is 1. The van der Waals surface area contributed by atoms with Gasteiger partial charge in [-0.1, -0.05) is 5.16 Å². The molecule has 0 spiro atoms. The maximum atomic E-state index is 15.5. The molecule has 4 rings (SSSR count). The molecule has 0 aliphatic carbocycles. The molecule has 128 valence electrons. The van der Waals surface area contributed by atoms with E-state index in [0.717, 1.165) is 0 Å². The Morgan fingerprint density at radius 1 is 1.36 bits per heavy atom. The summed E-state index contributed by atoms with van der Waals surface area (Å²) in [5.41, 5.74) is -0.908. The van der Waals surface area contributed by atoms with Crippen molar-refractivity contribution in [2.45, 2.75) is 18.5 Å². The molecule has 1 atom stereocenters. The predicted molar refractivity (Wildman–Crippen MR) is 84.0 cm³/mol. The minimum Gasteiger partial charge on any atom is -0.335 e. The summed E-state index contributed by atoms with van der Waals surface area (Å²) in [5, 5.41) is 10.2. The highest BCUT2D eigenvalue weighted by Gasteiger charge is 2.44. The standard InChI is InChI=1S/C16H15FN6O2/c17-16(15-20-13(22-25-15)11-3-1-6-18-9-11)5-2-8-23(10-16)14(24)12-4-7-19-21-12/h1,3-4,6-7,9H,2,5,8,10H2,(H,19,21). The number of halogens is 1. The molecular formula is C16H15FN6O2. The first kappa shape index (κ1) is 15.4. The number of alkyl halides is 1. The van der Waals surface area contributed by atoms with Crippen LogP contribution in [0.15, 0.2) is 41.3 Å². The summed E-state index contributed by atoms with van der Waals surface area (Å²) < 4.78 is 20.6. The molecule has 1 fully saturated rings. The summed E-state index contributed by atoms with van der Waals surface area (Å²) in [4.78, 5) is 22.0. The van der Waals surface area contributed by atoms with Gasteiger partial charge in [0.1, 0.15) is 5.69 Å². The molecule has 8 nitrogen and oxygen atoms in total. The molecule has 0 bridgehead atoms. The summed E-state index contributed by atoms with van der Waals surface area (Å²) in [6.45, 7) is 0.326. The van der Waals surface area contributed by atoms with E-state index < -0.39 is 5.67 Å². The fourth-order valence-corrected chi connectivity index (χ4v) is 2.92. The van der Waals surface area contributed by atoms with Crippen LogP contribution < -0.4 is 0 Å². The fraction of sp³-hybridized carbons (Fsp3) is 0.312. The summed E-state index contributed by atoms with van der Waals surface area (Å²) in [7, 11) is 0. The summed E-state index contributed by atoms with van der Waals surface area (Å²) >= 11 is 0. The summed E-state index contributed by atoms with van der Waals surface area (Å²) in [6.07, 6.45) is 5.41. The Kier molecular flexibility index (Phi) is 3.75. The van der Waals surface area contributed by atoms with Crippen LogP contribution in [0.4, 0.5) is 4.39 Å². The quantitative estimate of drug-likeness (QED) is 0.781. The fourth-order valence-electron chi connectivity index (χ4n) is 2.92. The first-order chi connectivity index (χ1) is 12.2. The second-order valence-corrected chi connectivity index (χ2v) is 5.93. The van der Waals surface area contributed by atoms with Gasteiger partial charge in [0.05, 0.1) is 6.54 Å². The highest BCUT2D eigenvalue weighted by Crippen LogP contribution is 2.35. The van der Waals surface area contributed by atoms with Gasteiger partial charge in [-0.25, -0.2) is 4.39 Å². The number of hydrogen-bond acceptors (Lipinski definition) is 6. The topological polar surface area (TPSA) is 101 Å².